The summed E-state index contributed by atoms with van der Waals surface area (Å²) in [4.78, 5) is 12.9. The SMILES string of the molecule is C/C(=C/COc1ccc(CNCc2cccc(Cl)c2)cc1Cl)[C@H]1O[C@@H](Oc2ccc(/C=C(\C)C(=O)N[C@@H]3[C@H](O)[C@@H](O)[C@H]4OCO[C@H]4[C@@H]3O)cc2O)[C@@H](O)[C@@H]1O. The molecule has 0 unspecified atom stereocenters. The van der Waals surface area contributed by atoms with E-state index in [4.69, 9.17) is 46.9 Å². The molecule has 10 atom stereocenters. The number of ether oxygens (including phenoxy) is 5. The molecule has 14 nitrogen and oxygen atoms in total. The Kier molecular flexibility index (Phi) is 13.4. The molecule has 16 heteroatoms. The lowest BCUT2D eigenvalue weighted by Crippen LogP contribution is -2.67. The van der Waals surface area contributed by atoms with E-state index >= 15 is 0 Å². The van der Waals surface area contributed by atoms with Gasteiger partial charge < -0.3 is 65.0 Å². The summed E-state index contributed by atoms with van der Waals surface area (Å²) < 4.78 is 28.0. The van der Waals surface area contributed by atoms with Gasteiger partial charge in [-0.3, -0.25) is 4.79 Å². The summed E-state index contributed by atoms with van der Waals surface area (Å²) in [5.74, 6) is -0.548. The number of aliphatic hydroxyl groups is 5. The van der Waals surface area contributed by atoms with Crippen molar-refractivity contribution in [3.05, 3.63) is 105 Å². The lowest BCUT2D eigenvalue weighted by atomic mass is 9.83. The normalized spacial score (nSPS) is 29.5. The molecule has 6 rings (SSSR count). The van der Waals surface area contributed by atoms with Gasteiger partial charge in [0.05, 0.1) is 11.1 Å². The van der Waals surface area contributed by atoms with Crippen LogP contribution < -0.4 is 20.1 Å². The van der Waals surface area contributed by atoms with Crippen molar-refractivity contribution in [3.8, 4) is 17.2 Å². The van der Waals surface area contributed by atoms with Crippen molar-refractivity contribution in [2.75, 3.05) is 13.4 Å². The monoisotopic (exact) mass is 802 g/mol. The Morgan fingerprint density at radius 3 is 2.27 bits per heavy atom. The number of rotatable bonds is 13. The van der Waals surface area contributed by atoms with E-state index in [2.05, 4.69) is 10.6 Å². The van der Waals surface area contributed by atoms with Gasteiger partial charge in [0.1, 0.15) is 68.0 Å². The zero-order valence-electron chi connectivity index (χ0n) is 29.9. The van der Waals surface area contributed by atoms with E-state index in [9.17, 15) is 35.4 Å². The van der Waals surface area contributed by atoms with E-state index < -0.39 is 67.1 Å². The molecule has 2 saturated heterocycles. The molecule has 3 aromatic rings. The van der Waals surface area contributed by atoms with Crippen LogP contribution in [0.5, 0.6) is 17.2 Å². The number of aromatic hydroxyl groups is 1. The number of fused-ring (bicyclic) bond motifs is 1. The van der Waals surface area contributed by atoms with Gasteiger partial charge in [0, 0.05) is 23.7 Å². The number of benzene rings is 3. The second-order valence-electron chi connectivity index (χ2n) is 13.7. The Balaban J connectivity index is 0.993. The Labute approximate surface area is 327 Å². The first kappa shape index (κ1) is 40.9. The predicted molar refractivity (Wildman–Crippen MR) is 200 cm³/mol. The van der Waals surface area contributed by atoms with Crippen molar-refractivity contribution < 1.29 is 59.1 Å². The van der Waals surface area contributed by atoms with Crippen molar-refractivity contribution in [1.82, 2.24) is 10.6 Å². The number of phenolic OH excluding ortho intramolecular Hbond substituents is 1. The smallest absolute Gasteiger partial charge is 0.247 e. The molecule has 55 heavy (non-hydrogen) atoms. The zero-order chi connectivity index (χ0) is 39.4. The summed E-state index contributed by atoms with van der Waals surface area (Å²) in [5, 5.41) is 70.7. The van der Waals surface area contributed by atoms with Crippen LogP contribution >= 0.6 is 23.2 Å². The maximum atomic E-state index is 12.9. The predicted octanol–water partition coefficient (Wildman–Crippen LogP) is 2.57. The minimum Gasteiger partial charge on any atom is -0.504 e. The van der Waals surface area contributed by atoms with Gasteiger partial charge in [0.25, 0.3) is 0 Å². The summed E-state index contributed by atoms with van der Waals surface area (Å²) in [5.41, 5.74) is 3.17. The quantitative estimate of drug-likeness (QED) is 0.0925. The molecule has 3 aliphatic rings. The lowest BCUT2D eigenvalue weighted by molar-refractivity contribution is -0.155. The highest BCUT2D eigenvalue weighted by Crippen LogP contribution is 2.34. The minimum absolute atomic E-state index is 0.0466. The fourth-order valence-corrected chi connectivity index (χ4v) is 7.12. The Hall–Kier alpha value is -3.77. The number of carbonyl (C=O) groups excluding carboxylic acids is 1. The average Bonchev–Trinajstić information content (AvgIpc) is 3.76. The molecule has 1 amide bonds. The van der Waals surface area contributed by atoms with Crippen molar-refractivity contribution in [3.63, 3.8) is 0 Å². The first-order chi connectivity index (χ1) is 26.3. The molecule has 296 valence electrons. The number of hydrogen-bond acceptors (Lipinski definition) is 13. The number of amides is 1. The van der Waals surface area contributed by atoms with Gasteiger partial charge in [-0.15, -0.1) is 0 Å². The molecular formula is C39H44Cl2N2O12. The number of hydrogen-bond donors (Lipinski definition) is 8. The molecule has 2 aliphatic heterocycles. The number of carbonyl (C=O) groups is 1. The highest BCUT2D eigenvalue weighted by atomic mass is 35.5. The van der Waals surface area contributed by atoms with Crippen LogP contribution in [0.15, 0.2) is 77.9 Å². The molecule has 2 heterocycles. The number of aliphatic hydroxyl groups excluding tert-OH is 5. The standard InChI is InChI=1S/C39H44Cl2N2O12/c1-19(10-11-51-27-8-7-23(14-25(27)41)17-42-16-22-4-3-5-24(40)13-22)35-33(48)34(49)39(55-35)54-28-9-6-21(15-26(28)44)12-20(2)38(50)43-29-30(45)32(47)37-36(31(29)46)52-18-53-37/h3-10,12-15,29-37,39,42,44-49H,11,16-18H2,1-2H3,(H,43,50)/b19-10-,20-12+/t29-,30+,31-,32-,33+,34+,35-,36+,37-,39-/m1/s1. The summed E-state index contributed by atoms with van der Waals surface area (Å²) in [7, 11) is 0. The number of halogens is 2. The van der Waals surface area contributed by atoms with Crippen molar-refractivity contribution in [2.45, 2.75) is 88.1 Å². The Morgan fingerprint density at radius 2 is 1.56 bits per heavy atom. The van der Waals surface area contributed by atoms with Gasteiger partial charge in [-0.25, -0.2) is 0 Å². The van der Waals surface area contributed by atoms with E-state index in [1.165, 1.54) is 25.1 Å². The van der Waals surface area contributed by atoms with Crippen LogP contribution in [0.4, 0.5) is 0 Å². The van der Waals surface area contributed by atoms with E-state index in [1.54, 1.807) is 25.1 Å². The van der Waals surface area contributed by atoms with Crippen LogP contribution in [0.25, 0.3) is 6.08 Å². The summed E-state index contributed by atoms with van der Waals surface area (Å²) in [6, 6.07) is 16.2. The minimum atomic E-state index is -1.50. The first-order valence-corrected chi connectivity index (χ1v) is 18.4. The molecule has 8 N–H and O–H groups in total. The third-order valence-corrected chi connectivity index (χ3v) is 10.3. The molecule has 0 radical (unpaired) electrons. The maximum absolute atomic E-state index is 12.9. The van der Waals surface area contributed by atoms with Crippen LogP contribution in [0, 0.1) is 0 Å². The lowest BCUT2D eigenvalue weighted by Gasteiger charge is -2.41. The van der Waals surface area contributed by atoms with E-state index in [0.717, 1.165) is 11.1 Å². The van der Waals surface area contributed by atoms with Gasteiger partial charge in [-0.05, 0) is 84.7 Å². The van der Waals surface area contributed by atoms with Gasteiger partial charge in [-0.1, -0.05) is 47.5 Å². The molecule has 0 aromatic heterocycles. The van der Waals surface area contributed by atoms with Gasteiger partial charge in [0.2, 0.25) is 12.2 Å². The van der Waals surface area contributed by atoms with E-state index in [1.807, 2.05) is 36.4 Å². The largest absolute Gasteiger partial charge is 0.504 e. The summed E-state index contributed by atoms with van der Waals surface area (Å²) in [6.45, 7) is 4.39. The van der Waals surface area contributed by atoms with Crippen LogP contribution in [0.3, 0.4) is 0 Å². The highest BCUT2D eigenvalue weighted by molar-refractivity contribution is 6.32. The highest BCUT2D eigenvalue weighted by Gasteiger charge is 2.53. The Bertz CT molecular complexity index is 1890. The van der Waals surface area contributed by atoms with Crippen molar-refractivity contribution >= 4 is 35.2 Å². The summed E-state index contributed by atoms with van der Waals surface area (Å²) in [6.07, 6.45) is -7.94. The second kappa shape index (κ2) is 18.0. The molecule has 3 aromatic carbocycles. The number of phenols is 1. The first-order valence-electron chi connectivity index (χ1n) is 17.6. The fourth-order valence-electron chi connectivity index (χ4n) is 6.65. The second-order valence-corrected chi connectivity index (χ2v) is 14.5. The summed E-state index contributed by atoms with van der Waals surface area (Å²) >= 11 is 12.5. The van der Waals surface area contributed by atoms with Crippen LogP contribution in [0.1, 0.15) is 30.5 Å². The van der Waals surface area contributed by atoms with Crippen molar-refractivity contribution in [1.29, 1.82) is 0 Å². The Morgan fingerprint density at radius 1 is 0.855 bits per heavy atom. The van der Waals surface area contributed by atoms with Gasteiger partial charge >= 0.3 is 0 Å². The fraction of sp³-hybridized carbons (Fsp3) is 0.410. The maximum Gasteiger partial charge on any atom is 0.247 e. The van der Waals surface area contributed by atoms with Crippen LogP contribution in [0.2, 0.25) is 10.0 Å². The molecule has 3 fully saturated rings. The topological polar surface area (TPSA) is 209 Å². The molecule has 0 bridgehead atoms. The zero-order valence-corrected chi connectivity index (χ0v) is 31.4. The average molecular weight is 804 g/mol. The third-order valence-electron chi connectivity index (χ3n) is 9.73. The van der Waals surface area contributed by atoms with Gasteiger partial charge in [-0.2, -0.15) is 0 Å². The number of nitrogens with one attached hydrogen (secondary N) is 2. The van der Waals surface area contributed by atoms with Crippen LogP contribution in [-0.2, 0) is 32.1 Å². The molecule has 1 saturated carbocycles. The van der Waals surface area contributed by atoms with E-state index in [0.29, 0.717) is 40.0 Å². The third kappa shape index (κ3) is 9.62. The van der Waals surface area contributed by atoms with Crippen LogP contribution in [-0.4, -0.2) is 111 Å². The molecule has 0 spiro atoms. The molecular weight excluding hydrogens is 759 g/mol. The van der Waals surface area contributed by atoms with Gasteiger partial charge in [0.15, 0.2) is 11.5 Å². The van der Waals surface area contributed by atoms with Crippen molar-refractivity contribution in [2.24, 2.45) is 0 Å². The molecule has 1 aliphatic carbocycles. The van der Waals surface area contributed by atoms with E-state index in [-0.39, 0.29) is 30.5 Å².